The molecule has 1 heterocycles. The molecule has 1 N–H and O–H groups in total. The lowest BCUT2D eigenvalue weighted by Crippen LogP contribution is -2.21. The number of carbonyl (C=O) groups is 1. The maximum atomic E-state index is 12.1. The van der Waals surface area contributed by atoms with Gasteiger partial charge in [0.25, 0.3) is 5.91 Å². The lowest BCUT2D eigenvalue weighted by molar-refractivity contribution is -0.118. The third-order valence-electron chi connectivity index (χ3n) is 3.67. The van der Waals surface area contributed by atoms with Crippen molar-refractivity contribution in [3.8, 4) is 0 Å². The van der Waals surface area contributed by atoms with Crippen molar-refractivity contribution in [1.82, 2.24) is 15.0 Å². The number of halogens is 1. The molecule has 5 nitrogen and oxygen atoms in total. The van der Waals surface area contributed by atoms with Gasteiger partial charge in [0.2, 0.25) is 0 Å². The van der Waals surface area contributed by atoms with Crippen molar-refractivity contribution in [2.75, 3.05) is 5.75 Å². The van der Waals surface area contributed by atoms with Crippen molar-refractivity contribution < 1.29 is 4.79 Å². The van der Waals surface area contributed by atoms with Crippen molar-refractivity contribution in [3.63, 3.8) is 0 Å². The monoisotopic (exact) mass is 416 g/mol. The van der Waals surface area contributed by atoms with Gasteiger partial charge in [-0.1, -0.05) is 52.0 Å². The highest BCUT2D eigenvalue weighted by Crippen LogP contribution is 2.22. The Bertz CT molecular complexity index is 951. The minimum Gasteiger partial charge on any atom is -0.322 e. The molecule has 0 radical (unpaired) electrons. The second-order valence-electron chi connectivity index (χ2n) is 5.47. The Balaban J connectivity index is 1.61. The van der Waals surface area contributed by atoms with Gasteiger partial charge in [-0.05, 0) is 36.8 Å². The third-order valence-corrected chi connectivity index (χ3v) is 5.19. The number of aromatic nitrogens is 2. The lowest BCUT2D eigenvalue weighted by atomic mass is 10.1. The lowest BCUT2D eigenvalue weighted by Gasteiger charge is -2.04. The molecule has 7 heteroatoms. The summed E-state index contributed by atoms with van der Waals surface area (Å²) in [6, 6.07) is 15.7. The molecule has 0 spiro atoms. The zero-order chi connectivity index (χ0) is 17.8. The number of amides is 1. The number of imidazole rings is 1. The van der Waals surface area contributed by atoms with Crippen molar-refractivity contribution in [1.29, 1.82) is 0 Å². The number of nitrogens with one attached hydrogen (secondary N) is 1. The third kappa shape index (κ3) is 4.29. The van der Waals surface area contributed by atoms with E-state index in [2.05, 4.69) is 31.4 Å². The van der Waals surface area contributed by atoms with Crippen LogP contribution in [0.3, 0.4) is 0 Å². The molecule has 3 aromatic rings. The van der Waals surface area contributed by atoms with Crippen LogP contribution in [-0.2, 0) is 11.8 Å². The van der Waals surface area contributed by atoms with E-state index >= 15 is 0 Å². The molecule has 0 unspecified atom stereocenters. The Labute approximate surface area is 158 Å². The number of fused-ring (bicyclic) bond motifs is 1. The summed E-state index contributed by atoms with van der Waals surface area (Å²) < 4.78 is 2.96. The molecule has 0 fully saturated rings. The highest BCUT2D eigenvalue weighted by molar-refractivity contribution is 9.10. The molecule has 0 atom stereocenters. The van der Waals surface area contributed by atoms with Crippen LogP contribution in [0, 0.1) is 0 Å². The Morgan fingerprint density at radius 3 is 2.84 bits per heavy atom. The van der Waals surface area contributed by atoms with Gasteiger partial charge in [-0.15, -0.1) is 0 Å². The normalized spacial score (nSPS) is 11.7. The fourth-order valence-electron chi connectivity index (χ4n) is 2.34. The van der Waals surface area contributed by atoms with Gasteiger partial charge in [0, 0.05) is 11.5 Å². The highest BCUT2D eigenvalue weighted by Gasteiger charge is 2.10. The van der Waals surface area contributed by atoms with E-state index in [0.29, 0.717) is 0 Å². The van der Waals surface area contributed by atoms with Gasteiger partial charge in [-0.25, -0.2) is 10.4 Å². The number of thioether (sulfide) groups is 1. The molecule has 1 aromatic heterocycles. The molecule has 0 saturated heterocycles. The van der Waals surface area contributed by atoms with Crippen LogP contribution >= 0.6 is 27.7 Å². The zero-order valence-corrected chi connectivity index (χ0v) is 16.3. The van der Waals surface area contributed by atoms with Gasteiger partial charge in [0.05, 0.1) is 22.5 Å². The summed E-state index contributed by atoms with van der Waals surface area (Å²) in [7, 11) is 1.95. The number of rotatable bonds is 5. The van der Waals surface area contributed by atoms with Crippen LogP contribution in [0.1, 0.15) is 12.5 Å². The van der Waals surface area contributed by atoms with Crippen LogP contribution in [0.25, 0.3) is 11.0 Å². The summed E-state index contributed by atoms with van der Waals surface area (Å²) in [5.41, 5.74) is 6.29. The summed E-state index contributed by atoms with van der Waals surface area (Å²) in [6.45, 7) is 1.86. The van der Waals surface area contributed by atoms with Crippen LogP contribution in [0.4, 0.5) is 0 Å². The maximum absolute atomic E-state index is 12.1. The van der Waals surface area contributed by atoms with Crippen molar-refractivity contribution in [2.45, 2.75) is 12.1 Å². The first-order valence-corrected chi connectivity index (χ1v) is 9.46. The second kappa shape index (κ2) is 7.84. The number of hydrogen-bond acceptors (Lipinski definition) is 4. The first-order chi connectivity index (χ1) is 12.0. The quantitative estimate of drug-likeness (QED) is 0.388. The van der Waals surface area contributed by atoms with Crippen LogP contribution < -0.4 is 5.43 Å². The number of hydrazone groups is 1. The number of carbonyl (C=O) groups excluding carboxylic acids is 1. The number of nitrogens with zero attached hydrogens (tertiary/aromatic N) is 3. The molecular formula is C18H17BrN4OS. The summed E-state index contributed by atoms with van der Waals surface area (Å²) in [5.74, 6) is 0.0956. The second-order valence-corrected chi connectivity index (χ2v) is 7.33. The predicted molar refractivity (Wildman–Crippen MR) is 106 cm³/mol. The van der Waals surface area contributed by atoms with Crippen LogP contribution in [-0.4, -0.2) is 26.9 Å². The van der Waals surface area contributed by atoms with Crippen LogP contribution in [0.15, 0.2) is 63.3 Å². The molecule has 1 amide bonds. The van der Waals surface area contributed by atoms with Crippen molar-refractivity contribution >= 4 is 50.3 Å². The number of para-hydroxylation sites is 2. The smallest absolute Gasteiger partial charge is 0.250 e. The average molecular weight is 417 g/mol. The maximum Gasteiger partial charge on any atom is 0.250 e. The van der Waals surface area contributed by atoms with Gasteiger partial charge < -0.3 is 4.57 Å². The van der Waals surface area contributed by atoms with Gasteiger partial charge in [0.15, 0.2) is 5.16 Å². The van der Waals surface area contributed by atoms with E-state index in [1.54, 1.807) is 0 Å². The number of benzene rings is 2. The topological polar surface area (TPSA) is 59.3 Å². The van der Waals surface area contributed by atoms with E-state index in [0.717, 1.165) is 31.9 Å². The molecule has 0 bridgehead atoms. The van der Waals surface area contributed by atoms with Crippen LogP contribution in [0.2, 0.25) is 0 Å². The Hall–Kier alpha value is -2.12. The molecule has 25 heavy (non-hydrogen) atoms. The summed E-state index contributed by atoms with van der Waals surface area (Å²) in [5, 5.41) is 4.98. The van der Waals surface area contributed by atoms with Gasteiger partial charge in [0.1, 0.15) is 0 Å². The molecule has 2 aromatic carbocycles. The molecule has 0 aliphatic heterocycles. The van der Waals surface area contributed by atoms with E-state index in [9.17, 15) is 4.79 Å². The molecule has 128 valence electrons. The SMILES string of the molecule is C/C(=N/NC(=O)CSc1nc2ccccc2n1C)c1cccc(Br)c1. The van der Waals surface area contributed by atoms with E-state index in [1.165, 1.54) is 11.8 Å². The van der Waals surface area contributed by atoms with Gasteiger partial charge >= 0.3 is 0 Å². The Morgan fingerprint density at radius 2 is 2.08 bits per heavy atom. The molecule has 0 aliphatic rings. The Kier molecular flexibility index (Phi) is 5.55. The fourth-order valence-corrected chi connectivity index (χ4v) is 3.52. The average Bonchev–Trinajstić information content (AvgIpc) is 2.94. The number of hydrogen-bond donors (Lipinski definition) is 1. The number of aryl methyl sites for hydroxylation is 1. The van der Waals surface area contributed by atoms with E-state index in [1.807, 2.05) is 67.1 Å². The fraction of sp³-hybridized carbons (Fsp3) is 0.167. The minimum absolute atomic E-state index is 0.161. The van der Waals surface area contributed by atoms with E-state index in [-0.39, 0.29) is 11.7 Å². The largest absolute Gasteiger partial charge is 0.322 e. The molecule has 0 aliphatic carbocycles. The first kappa shape index (κ1) is 17.7. The molecular weight excluding hydrogens is 400 g/mol. The van der Waals surface area contributed by atoms with Crippen LogP contribution in [0.5, 0.6) is 0 Å². The summed E-state index contributed by atoms with van der Waals surface area (Å²) in [4.78, 5) is 16.6. The van der Waals surface area contributed by atoms with Crippen molar-refractivity contribution in [2.24, 2.45) is 12.1 Å². The van der Waals surface area contributed by atoms with Gasteiger partial charge in [-0.2, -0.15) is 5.10 Å². The predicted octanol–water partition coefficient (Wildman–Crippen LogP) is 3.97. The van der Waals surface area contributed by atoms with Crippen molar-refractivity contribution in [3.05, 3.63) is 58.6 Å². The zero-order valence-electron chi connectivity index (χ0n) is 13.9. The van der Waals surface area contributed by atoms with E-state index in [4.69, 9.17) is 0 Å². The van der Waals surface area contributed by atoms with E-state index < -0.39 is 0 Å². The Morgan fingerprint density at radius 1 is 1.28 bits per heavy atom. The molecule has 3 rings (SSSR count). The molecule has 0 saturated carbocycles. The van der Waals surface area contributed by atoms with Gasteiger partial charge in [-0.3, -0.25) is 4.79 Å². The standard InChI is InChI=1S/C18H17BrN4OS/c1-12(13-6-5-7-14(19)10-13)21-22-17(24)11-25-18-20-15-8-3-4-9-16(15)23(18)2/h3-10H,11H2,1-2H3,(H,22,24)/b21-12-. The summed E-state index contributed by atoms with van der Waals surface area (Å²) >= 11 is 4.82. The summed E-state index contributed by atoms with van der Waals surface area (Å²) in [6.07, 6.45) is 0. The minimum atomic E-state index is -0.161. The first-order valence-electron chi connectivity index (χ1n) is 7.68. The highest BCUT2D eigenvalue weighted by atomic mass is 79.9.